The van der Waals surface area contributed by atoms with E-state index in [2.05, 4.69) is 21.9 Å². The van der Waals surface area contributed by atoms with Crippen LogP contribution in [-0.2, 0) is 4.79 Å². The number of rotatable bonds is 6. The third kappa shape index (κ3) is 5.35. The van der Waals surface area contributed by atoms with Crippen LogP contribution in [0.1, 0.15) is 27.4 Å². The highest BCUT2D eigenvalue weighted by molar-refractivity contribution is 6.45. The van der Waals surface area contributed by atoms with Crippen LogP contribution < -0.4 is 10.7 Å². The zero-order valence-corrected chi connectivity index (χ0v) is 20.0. The highest BCUT2D eigenvalue weighted by Crippen LogP contribution is 2.26. The van der Waals surface area contributed by atoms with Crippen LogP contribution in [0.4, 0.5) is 5.69 Å². The number of phenols is 1. The van der Waals surface area contributed by atoms with Crippen molar-refractivity contribution in [3.63, 3.8) is 0 Å². The number of benzene rings is 4. The van der Waals surface area contributed by atoms with Gasteiger partial charge in [-0.25, -0.2) is 5.43 Å². The number of carbonyl (C=O) groups is 2. The van der Waals surface area contributed by atoms with Crippen molar-refractivity contribution >= 4 is 45.6 Å². The predicted octanol–water partition coefficient (Wildman–Crippen LogP) is 5.54. The number of halogens is 1. The molecule has 0 saturated heterocycles. The molecule has 0 aliphatic carbocycles. The summed E-state index contributed by atoms with van der Waals surface area (Å²) in [5, 5.41) is 29.1. The van der Waals surface area contributed by atoms with E-state index in [0.29, 0.717) is 16.3 Å². The van der Waals surface area contributed by atoms with Crippen LogP contribution in [0.3, 0.4) is 0 Å². The van der Waals surface area contributed by atoms with Crippen LogP contribution in [0.25, 0.3) is 10.8 Å². The van der Waals surface area contributed by atoms with Crippen LogP contribution in [0.15, 0.2) is 90.0 Å². The highest BCUT2D eigenvalue weighted by atomic mass is 35.5. The van der Waals surface area contributed by atoms with Gasteiger partial charge in [0.05, 0.1) is 11.6 Å². The van der Waals surface area contributed by atoms with Gasteiger partial charge in [-0.05, 0) is 59.2 Å². The Bertz CT molecular complexity index is 1540. The van der Waals surface area contributed by atoms with Gasteiger partial charge in [0.15, 0.2) is 0 Å². The zero-order valence-electron chi connectivity index (χ0n) is 19.2. The number of aryl methyl sites for hydroxylation is 1. The molecule has 0 spiro atoms. The van der Waals surface area contributed by atoms with Gasteiger partial charge in [-0.1, -0.05) is 66.2 Å². The Morgan fingerprint density at radius 3 is 2.36 bits per heavy atom. The normalized spacial score (nSPS) is 12.0. The number of carbonyl (C=O) groups excluding carboxylic acids is 2. The van der Waals surface area contributed by atoms with E-state index >= 15 is 0 Å². The van der Waals surface area contributed by atoms with Crippen molar-refractivity contribution in [2.24, 2.45) is 5.10 Å². The van der Waals surface area contributed by atoms with Gasteiger partial charge in [0, 0.05) is 10.7 Å². The average Bonchev–Trinajstić information content (AvgIpc) is 2.86. The fourth-order valence-electron chi connectivity index (χ4n) is 3.78. The highest BCUT2D eigenvalue weighted by Gasteiger charge is 2.27. The van der Waals surface area contributed by atoms with Gasteiger partial charge in [-0.3, -0.25) is 9.59 Å². The first-order valence-corrected chi connectivity index (χ1v) is 11.4. The summed E-state index contributed by atoms with van der Waals surface area (Å²) in [5.41, 5.74) is 3.86. The summed E-state index contributed by atoms with van der Waals surface area (Å²) in [7, 11) is 0. The van der Waals surface area contributed by atoms with E-state index in [1.54, 1.807) is 36.4 Å². The van der Waals surface area contributed by atoms with E-state index in [-0.39, 0.29) is 17.0 Å². The van der Waals surface area contributed by atoms with Crippen molar-refractivity contribution in [3.8, 4) is 11.8 Å². The van der Waals surface area contributed by atoms with Gasteiger partial charge in [0.2, 0.25) is 0 Å². The number of aromatic hydroxyl groups is 1. The number of hydrogen-bond donors (Lipinski definition) is 3. The molecule has 4 rings (SSSR count). The third-order valence-electron chi connectivity index (χ3n) is 5.60. The average molecular weight is 497 g/mol. The number of nitrogens with one attached hydrogen (secondary N) is 2. The second-order valence-corrected chi connectivity index (χ2v) is 8.47. The maximum atomic E-state index is 13.3. The molecule has 0 aromatic heterocycles. The number of fused-ring (bicyclic) bond motifs is 1. The van der Waals surface area contributed by atoms with E-state index < -0.39 is 17.7 Å². The quantitative estimate of drug-likeness (QED) is 0.240. The first-order chi connectivity index (χ1) is 17.4. The van der Waals surface area contributed by atoms with Gasteiger partial charge < -0.3 is 10.4 Å². The van der Waals surface area contributed by atoms with Gasteiger partial charge in [0.1, 0.15) is 17.4 Å². The lowest BCUT2D eigenvalue weighted by Gasteiger charge is -2.16. The molecule has 4 aromatic carbocycles. The molecule has 7 nitrogen and oxygen atoms in total. The number of hydrogen-bond acceptors (Lipinski definition) is 5. The lowest BCUT2D eigenvalue weighted by Crippen LogP contribution is -2.32. The van der Waals surface area contributed by atoms with Crippen molar-refractivity contribution < 1.29 is 14.7 Å². The standard InChI is InChI=1S/C28H21ClN4O3/c1-17-7-2-5-12-22(17)24(16-30)26(28(36)31-21-11-6-10-20(29)15-21)32-33-27(35)23-13-18-8-3-4-9-19(18)14-25(23)34/h2-15,24,34H,1H3,(H,31,36)(H,33,35)/b32-26-/t24-/m0/s1. The second-order valence-electron chi connectivity index (χ2n) is 8.04. The Morgan fingerprint density at radius 2 is 1.67 bits per heavy atom. The molecular weight excluding hydrogens is 476 g/mol. The smallest absolute Gasteiger partial charge is 0.275 e. The maximum Gasteiger partial charge on any atom is 0.275 e. The van der Waals surface area contributed by atoms with Crippen LogP contribution in [-0.4, -0.2) is 22.6 Å². The SMILES string of the molecule is Cc1ccccc1[C@H](C#N)/C(=N/NC(=O)c1cc2ccccc2cc1O)C(=O)Nc1cccc(Cl)c1. The minimum absolute atomic E-state index is 0.0172. The number of nitriles is 1. The molecular formula is C28H21ClN4O3. The molecule has 1 atom stereocenters. The lowest BCUT2D eigenvalue weighted by atomic mass is 9.91. The fourth-order valence-corrected chi connectivity index (χ4v) is 3.97. The van der Waals surface area contributed by atoms with Gasteiger partial charge in [-0.2, -0.15) is 10.4 Å². The molecule has 0 fully saturated rings. The zero-order chi connectivity index (χ0) is 25.7. The van der Waals surface area contributed by atoms with Crippen molar-refractivity contribution in [1.29, 1.82) is 5.26 Å². The fraction of sp³-hybridized carbons (Fsp3) is 0.0714. The molecule has 2 amide bonds. The molecule has 0 radical (unpaired) electrons. The number of anilines is 1. The molecule has 3 N–H and O–H groups in total. The lowest BCUT2D eigenvalue weighted by molar-refractivity contribution is -0.110. The van der Waals surface area contributed by atoms with Crippen LogP contribution in [0.2, 0.25) is 5.02 Å². The number of phenolic OH excluding ortho intramolecular Hbond substituents is 1. The van der Waals surface area contributed by atoms with E-state index in [1.165, 1.54) is 12.1 Å². The summed E-state index contributed by atoms with van der Waals surface area (Å²) in [6.45, 7) is 1.82. The summed E-state index contributed by atoms with van der Waals surface area (Å²) < 4.78 is 0. The van der Waals surface area contributed by atoms with Crippen molar-refractivity contribution in [2.75, 3.05) is 5.32 Å². The van der Waals surface area contributed by atoms with Crippen molar-refractivity contribution in [3.05, 3.63) is 107 Å². The van der Waals surface area contributed by atoms with Crippen LogP contribution >= 0.6 is 11.6 Å². The Morgan fingerprint density at radius 1 is 0.972 bits per heavy atom. The van der Waals surface area contributed by atoms with Gasteiger partial charge in [0.25, 0.3) is 11.8 Å². The predicted molar refractivity (Wildman–Crippen MR) is 140 cm³/mol. The molecule has 0 unspecified atom stereocenters. The van der Waals surface area contributed by atoms with E-state index in [0.717, 1.165) is 16.3 Å². The Labute approximate surface area is 212 Å². The minimum atomic E-state index is -1.07. The van der Waals surface area contributed by atoms with Gasteiger partial charge in [-0.15, -0.1) is 0 Å². The van der Waals surface area contributed by atoms with Gasteiger partial charge >= 0.3 is 0 Å². The largest absolute Gasteiger partial charge is 0.507 e. The van der Waals surface area contributed by atoms with Crippen molar-refractivity contribution in [1.82, 2.24) is 5.43 Å². The van der Waals surface area contributed by atoms with Crippen molar-refractivity contribution in [2.45, 2.75) is 12.8 Å². The van der Waals surface area contributed by atoms with Crippen LogP contribution in [0, 0.1) is 18.3 Å². The maximum absolute atomic E-state index is 13.3. The molecule has 0 aliphatic rings. The first kappa shape index (κ1) is 24.5. The monoisotopic (exact) mass is 496 g/mol. The molecule has 4 aromatic rings. The summed E-state index contributed by atoms with van der Waals surface area (Å²) in [6, 6.07) is 26.0. The number of amides is 2. The molecule has 8 heteroatoms. The Balaban J connectivity index is 1.70. The summed E-state index contributed by atoms with van der Waals surface area (Å²) in [5.74, 6) is -2.72. The molecule has 36 heavy (non-hydrogen) atoms. The summed E-state index contributed by atoms with van der Waals surface area (Å²) in [6.07, 6.45) is 0. The molecule has 0 heterocycles. The van der Waals surface area contributed by atoms with E-state index in [9.17, 15) is 20.0 Å². The van der Waals surface area contributed by atoms with Crippen LogP contribution in [0.5, 0.6) is 5.75 Å². The Hall–Kier alpha value is -4.67. The Kier molecular flexibility index (Phi) is 7.28. The summed E-state index contributed by atoms with van der Waals surface area (Å²) in [4.78, 5) is 26.2. The minimum Gasteiger partial charge on any atom is -0.507 e. The second kappa shape index (κ2) is 10.7. The topological polar surface area (TPSA) is 115 Å². The first-order valence-electron chi connectivity index (χ1n) is 11.0. The summed E-state index contributed by atoms with van der Waals surface area (Å²) >= 11 is 6.03. The molecule has 0 saturated carbocycles. The molecule has 178 valence electrons. The number of nitrogens with zero attached hydrogens (tertiary/aromatic N) is 2. The molecule has 0 bridgehead atoms. The number of hydrazone groups is 1. The van der Waals surface area contributed by atoms with E-state index in [1.807, 2.05) is 43.3 Å². The molecule has 0 aliphatic heterocycles. The third-order valence-corrected chi connectivity index (χ3v) is 5.84. The van der Waals surface area contributed by atoms with E-state index in [4.69, 9.17) is 11.6 Å².